The molecule has 0 spiro atoms. The summed E-state index contributed by atoms with van der Waals surface area (Å²) in [6.45, 7) is 0.693. The second kappa shape index (κ2) is 4.65. The molecule has 0 fully saturated rings. The Bertz CT molecular complexity index is 702. The van der Waals surface area contributed by atoms with Crippen LogP contribution in [0.4, 0.5) is 0 Å². The summed E-state index contributed by atoms with van der Waals surface area (Å²) in [6, 6.07) is 13.2. The number of aromatic nitrogens is 2. The number of hydrogen-bond donors (Lipinski definition) is 1. The molecule has 0 atom stereocenters. The molecular formula is C15H14N2O2. The minimum Gasteiger partial charge on any atom is -0.508 e. The Morgan fingerprint density at radius 2 is 1.95 bits per heavy atom. The molecular weight excluding hydrogens is 240 g/mol. The van der Waals surface area contributed by atoms with Crippen LogP contribution in [0.15, 0.2) is 48.7 Å². The lowest BCUT2D eigenvalue weighted by atomic mass is 10.2. The van der Waals surface area contributed by atoms with E-state index in [0.717, 1.165) is 22.2 Å². The number of benzene rings is 2. The van der Waals surface area contributed by atoms with Crippen molar-refractivity contribution in [2.24, 2.45) is 0 Å². The van der Waals surface area contributed by atoms with E-state index in [9.17, 15) is 5.11 Å². The van der Waals surface area contributed by atoms with Crippen LogP contribution in [0, 0.1) is 0 Å². The molecule has 0 saturated heterocycles. The average molecular weight is 254 g/mol. The molecule has 1 heterocycles. The first kappa shape index (κ1) is 11.6. The van der Waals surface area contributed by atoms with E-state index in [1.54, 1.807) is 25.4 Å². The number of hydrogen-bond acceptors (Lipinski definition) is 3. The molecule has 2 aromatic carbocycles. The molecule has 0 aliphatic carbocycles. The van der Waals surface area contributed by atoms with Gasteiger partial charge >= 0.3 is 0 Å². The van der Waals surface area contributed by atoms with Crippen LogP contribution < -0.4 is 4.74 Å². The number of rotatable bonds is 3. The lowest BCUT2D eigenvalue weighted by Gasteiger charge is -2.05. The van der Waals surface area contributed by atoms with Crippen molar-refractivity contribution in [1.82, 2.24) is 9.78 Å². The van der Waals surface area contributed by atoms with Gasteiger partial charge in [-0.2, -0.15) is 5.10 Å². The summed E-state index contributed by atoms with van der Waals surface area (Å²) in [5.74, 6) is 1.11. The highest BCUT2D eigenvalue weighted by molar-refractivity contribution is 5.80. The number of nitrogens with zero attached hydrogens (tertiary/aromatic N) is 2. The van der Waals surface area contributed by atoms with Crippen LogP contribution in [-0.2, 0) is 6.54 Å². The van der Waals surface area contributed by atoms with Crippen LogP contribution in [0.2, 0.25) is 0 Å². The van der Waals surface area contributed by atoms with Gasteiger partial charge in [0.05, 0.1) is 25.4 Å². The maximum absolute atomic E-state index is 9.44. The predicted octanol–water partition coefficient (Wildman–Crippen LogP) is 2.80. The van der Waals surface area contributed by atoms with Crippen LogP contribution >= 0.6 is 0 Å². The first-order valence-corrected chi connectivity index (χ1v) is 6.04. The fraction of sp³-hybridized carbons (Fsp3) is 0.133. The maximum atomic E-state index is 9.44. The number of ether oxygens (including phenoxy) is 1. The first-order valence-electron chi connectivity index (χ1n) is 6.04. The molecule has 3 aromatic rings. The van der Waals surface area contributed by atoms with Crippen LogP contribution in [0.1, 0.15) is 5.56 Å². The third-order valence-electron chi connectivity index (χ3n) is 3.12. The third-order valence-corrected chi connectivity index (χ3v) is 3.12. The van der Waals surface area contributed by atoms with Gasteiger partial charge in [-0.1, -0.05) is 12.1 Å². The molecule has 0 aliphatic heterocycles. The molecule has 0 radical (unpaired) electrons. The van der Waals surface area contributed by atoms with Crippen LogP contribution in [-0.4, -0.2) is 22.0 Å². The van der Waals surface area contributed by atoms with E-state index in [1.807, 2.05) is 35.0 Å². The number of fused-ring (bicyclic) bond motifs is 1. The maximum Gasteiger partial charge on any atom is 0.118 e. The van der Waals surface area contributed by atoms with Gasteiger partial charge < -0.3 is 9.84 Å². The van der Waals surface area contributed by atoms with Crippen LogP contribution in [0.25, 0.3) is 10.9 Å². The second-order valence-corrected chi connectivity index (χ2v) is 4.39. The molecule has 96 valence electrons. The zero-order valence-corrected chi connectivity index (χ0v) is 10.6. The van der Waals surface area contributed by atoms with Crippen molar-refractivity contribution < 1.29 is 9.84 Å². The van der Waals surface area contributed by atoms with Gasteiger partial charge in [-0.25, -0.2) is 0 Å². The zero-order valence-electron chi connectivity index (χ0n) is 10.6. The van der Waals surface area contributed by atoms with E-state index in [-0.39, 0.29) is 5.75 Å². The fourth-order valence-electron chi connectivity index (χ4n) is 2.10. The van der Waals surface area contributed by atoms with E-state index in [1.165, 1.54) is 0 Å². The molecule has 4 nitrogen and oxygen atoms in total. The Labute approximate surface area is 110 Å². The van der Waals surface area contributed by atoms with Crippen molar-refractivity contribution in [3.8, 4) is 11.5 Å². The monoisotopic (exact) mass is 254 g/mol. The average Bonchev–Trinajstić information content (AvgIpc) is 2.82. The predicted molar refractivity (Wildman–Crippen MR) is 73.5 cm³/mol. The summed E-state index contributed by atoms with van der Waals surface area (Å²) in [4.78, 5) is 0. The summed E-state index contributed by atoms with van der Waals surface area (Å²) < 4.78 is 7.05. The Morgan fingerprint density at radius 1 is 1.16 bits per heavy atom. The number of phenols is 1. The van der Waals surface area contributed by atoms with E-state index >= 15 is 0 Å². The summed E-state index contributed by atoms with van der Waals surface area (Å²) >= 11 is 0. The van der Waals surface area contributed by atoms with E-state index in [4.69, 9.17) is 4.74 Å². The fourth-order valence-corrected chi connectivity index (χ4v) is 2.10. The number of methoxy groups -OCH3 is 1. The lowest BCUT2D eigenvalue weighted by Crippen LogP contribution is -2.01. The lowest BCUT2D eigenvalue weighted by molar-refractivity contribution is 0.414. The Kier molecular flexibility index (Phi) is 2.83. The summed E-state index contributed by atoms with van der Waals surface area (Å²) in [5.41, 5.74) is 2.16. The molecule has 1 N–H and O–H groups in total. The van der Waals surface area contributed by atoms with Crippen LogP contribution in [0.3, 0.4) is 0 Å². The van der Waals surface area contributed by atoms with Gasteiger partial charge in [-0.15, -0.1) is 0 Å². The Hall–Kier alpha value is -2.49. The second-order valence-electron chi connectivity index (χ2n) is 4.39. The quantitative estimate of drug-likeness (QED) is 0.781. The van der Waals surface area contributed by atoms with Gasteiger partial charge in [0.25, 0.3) is 0 Å². The van der Waals surface area contributed by atoms with Crippen LogP contribution in [0.5, 0.6) is 11.5 Å². The molecule has 19 heavy (non-hydrogen) atoms. The third kappa shape index (κ3) is 2.25. The minimum absolute atomic E-state index is 0.261. The van der Waals surface area contributed by atoms with Gasteiger partial charge in [0.1, 0.15) is 11.5 Å². The molecule has 4 heteroatoms. The van der Waals surface area contributed by atoms with Gasteiger partial charge in [-0.3, -0.25) is 4.68 Å². The zero-order chi connectivity index (χ0) is 13.2. The van der Waals surface area contributed by atoms with Gasteiger partial charge in [0.2, 0.25) is 0 Å². The summed E-state index contributed by atoms with van der Waals surface area (Å²) in [5, 5.41) is 14.7. The highest BCUT2D eigenvalue weighted by atomic mass is 16.5. The van der Waals surface area contributed by atoms with Crippen molar-refractivity contribution >= 4 is 10.9 Å². The first-order chi connectivity index (χ1) is 9.26. The smallest absolute Gasteiger partial charge is 0.118 e. The van der Waals surface area contributed by atoms with Gasteiger partial charge in [0.15, 0.2) is 0 Å². The minimum atomic E-state index is 0.261. The van der Waals surface area contributed by atoms with E-state index in [2.05, 4.69) is 5.10 Å². The Morgan fingerprint density at radius 3 is 2.68 bits per heavy atom. The molecule has 0 amide bonds. The molecule has 3 rings (SSSR count). The SMILES string of the molecule is COc1ccc(Cn2ncc3cc(O)ccc32)cc1. The van der Waals surface area contributed by atoms with Crippen molar-refractivity contribution in [3.05, 3.63) is 54.2 Å². The molecule has 0 saturated carbocycles. The highest BCUT2D eigenvalue weighted by Gasteiger charge is 2.04. The topological polar surface area (TPSA) is 47.3 Å². The largest absolute Gasteiger partial charge is 0.508 e. The normalized spacial score (nSPS) is 10.8. The summed E-state index contributed by atoms with van der Waals surface area (Å²) in [6.07, 6.45) is 1.76. The number of phenolic OH excluding ortho intramolecular Hbond substituents is 1. The summed E-state index contributed by atoms with van der Waals surface area (Å²) in [7, 11) is 1.66. The molecule has 0 aliphatic rings. The van der Waals surface area contributed by atoms with Crippen molar-refractivity contribution in [3.63, 3.8) is 0 Å². The van der Waals surface area contributed by atoms with Gasteiger partial charge in [-0.05, 0) is 35.9 Å². The van der Waals surface area contributed by atoms with E-state index < -0.39 is 0 Å². The molecule has 1 aromatic heterocycles. The molecule has 0 unspecified atom stereocenters. The highest BCUT2D eigenvalue weighted by Crippen LogP contribution is 2.20. The van der Waals surface area contributed by atoms with Gasteiger partial charge in [0, 0.05) is 5.39 Å². The van der Waals surface area contributed by atoms with Crippen molar-refractivity contribution in [1.29, 1.82) is 0 Å². The van der Waals surface area contributed by atoms with Crippen molar-refractivity contribution in [2.45, 2.75) is 6.54 Å². The van der Waals surface area contributed by atoms with Crippen molar-refractivity contribution in [2.75, 3.05) is 7.11 Å². The standard InChI is InChI=1S/C15H14N2O2/c1-19-14-5-2-11(3-6-14)10-17-15-7-4-13(18)8-12(15)9-16-17/h2-9,18H,10H2,1H3. The number of aromatic hydroxyl groups is 1. The Balaban J connectivity index is 1.92. The molecule has 0 bridgehead atoms. The van der Waals surface area contributed by atoms with E-state index in [0.29, 0.717) is 6.54 Å².